The summed E-state index contributed by atoms with van der Waals surface area (Å²) >= 11 is 0. The average molecular weight is 387 g/mol. The topological polar surface area (TPSA) is 92.0 Å². The molecule has 6 nitrogen and oxygen atoms in total. The molecule has 0 aliphatic heterocycles. The van der Waals surface area contributed by atoms with Gasteiger partial charge in [-0.2, -0.15) is 0 Å². The highest BCUT2D eigenvalue weighted by Crippen LogP contribution is 2.37. The number of aryl methyl sites for hydroxylation is 1. The number of fused-ring (bicyclic) bond motifs is 1. The first kappa shape index (κ1) is 18.8. The zero-order chi connectivity index (χ0) is 20.8. The van der Waals surface area contributed by atoms with Crippen molar-refractivity contribution >= 4 is 22.7 Å². The van der Waals surface area contributed by atoms with Gasteiger partial charge in [0.15, 0.2) is 0 Å². The minimum atomic E-state index is -0.0756. The highest BCUT2D eigenvalue weighted by Gasteiger charge is 2.22. The summed E-state index contributed by atoms with van der Waals surface area (Å²) in [6, 6.07) is 15.6. The van der Waals surface area contributed by atoms with Gasteiger partial charge >= 0.3 is 0 Å². The van der Waals surface area contributed by atoms with Gasteiger partial charge < -0.3 is 16.2 Å². The number of nitrogen functional groups attached to an aromatic ring is 2. The molecule has 2 heterocycles. The lowest BCUT2D eigenvalue weighted by Crippen LogP contribution is -2.13. The van der Waals surface area contributed by atoms with E-state index in [1.54, 1.807) is 10.8 Å². The highest BCUT2D eigenvalue weighted by molar-refractivity contribution is 5.93. The molecule has 29 heavy (non-hydrogen) atoms. The summed E-state index contributed by atoms with van der Waals surface area (Å²) < 4.78 is 8.11. The molecule has 6 heteroatoms. The quantitative estimate of drug-likeness (QED) is 0.484. The predicted molar refractivity (Wildman–Crippen MR) is 118 cm³/mol. The molecule has 0 fully saturated rings. The molecule has 0 saturated carbocycles. The molecule has 0 atom stereocenters. The number of anilines is 2. The number of aromatic nitrogens is 3. The first-order valence-corrected chi connectivity index (χ1v) is 9.53. The van der Waals surface area contributed by atoms with Crippen molar-refractivity contribution in [1.82, 2.24) is 14.5 Å². The van der Waals surface area contributed by atoms with Crippen LogP contribution in [0.2, 0.25) is 0 Å². The summed E-state index contributed by atoms with van der Waals surface area (Å²) in [5.41, 5.74) is 17.4. The van der Waals surface area contributed by atoms with Gasteiger partial charge in [-0.3, -0.25) is 4.57 Å². The van der Waals surface area contributed by atoms with E-state index in [-0.39, 0.29) is 5.41 Å². The number of para-hydroxylation sites is 1. The molecule has 2 aromatic carbocycles. The molecule has 0 radical (unpaired) electrons. The van der Waals surface area contributed by atoms with Gasteiger partial charge in [-0.15, -0.1) is 0 Å². The summed E-state index contributed by atoms with van der Waals surface area (Å²) in [5, 5.41) is 0. The number of hydrogen-bond acceptors (Lipinski definition) is 5. The molecule has 4 aromatic rings. The average Bonchev–Trinajstić information content (AvgIpc) is 3.01. The van der Waals surface area contributed by atoms with Crippen LogP contribution < -0.4 is 16.2 Å². The Hall–Kier alpha value is -3.54. The lowest BCUT2D eigenvalue weighted by atomic mass is 9.86. The Kier molecular flexibility index (Phi) is 4.42. The molecule has 2 aromatic heterocycles. The van der Waals surface area contributed by atoms with Crippen LogP contribution in [0.3, 0.4) is 0 Å². The number of benzene rings is 2. The zero-order valence-corrected chi connectivity index (χ0v) is 17.1. The van der Waals surface area contributed by atoms with Crippen LogP contribution in [0, 0.1) is 6.92 Å². The van der Waals surface area contributed by atoms with Crippen molar-refractivity contribution in [2.45, 2.75) is 33.1 Å². The third kappa shape index (κ3) is 3.27. The summed E-state index contributed by atoms with van der Waals surface area (Å²) in [5.74, 6) is 1.53. The lowest BCUT2D eigenvalue weighted by Gasteiger charge is -2.23. The van der Waals surface area contributed by atoms with Crippen LogP contribution in [0.5, 0.6) is 11.6 Å². The SMILES string of the molecule is Cc1ccc2nc(N)n(-c3cccnc3Oc3ccccc3C(C)(C)C)c2c1N. The van der Waals surface area contributed by atoms with Crippen molar-refractivity contribution in [3.63, 3.8) is 0 Å². The number of nitrogens with zero attached hydrogens (tertiary/aromatic N) is 3. The Balaban J connectivity index is 1.90. The molecule has 0 unspecified atom stereocenters. The highest BCUT2D eigenvalue weighted by atomic mass is 16.5. The van der Waals surface area contributed by atoms with Crippen LogP contribution >= 0.6 is 0 Å². The second-order valence-electron chi connectivity index (χ2n) is 8.15. The van der Waals surface area contributed by atoms with Gasteiger partial charge in [-0.05, 0) is 42.2 Å². The normalized spacial score (nSPS) is 11.7. The molecule has 0 spiro atoms. The van der Waals surface area contributed by atoms with E-state index in [1.807, 2.05) is 49.4 Å². The zero-order valence-electron chi connectivity index (χ0n) is 17.1. The maximum Gasteiger partial charge on any atom is 0.243 e. The molecule has 4 rings (SSSR count). The van der Waals surface area contributed by atoms with Crippen LogP contribution in [-0.4, -0.2) is 14.5 Å². The Bertz CT molecular complexity index is 1200. The standard InChI is InChI=1S/C23H25N5O/c1-14-11-12-16-20(19(14)24)28(22(25)27-16)17-9-7-13-26-21(17)29-18-10-6-5-8-15(18)23(2,3)4/h5-13H,24H2,1-4H3,(H2,25,27). The fraction of sp³-hybridized carbons (Fsp3) is 0.217. The fourth-order valence-corrected chi connectivity index (χ4v) is 3.46. The van der Waals surface area contributed by atoms with Gasteiger partial charge in [-0.1, -0.05) is 45.0 Å². The Morgan fingerprint density at radius 2 is 1.72 bits per heavy atom. The van der Waals surface area contributed by atoms with Crippen molar-refractivity contribution in [3.8, 4) is 17.3 Å². The van der Waals surface area contributed by atoms with Gasteiger partial charge in [0.1, 0.15) is 11.4 Å². The third-order valence-electron chi connectivity index (χ3n) is 5.00. The van der Waals surface area contributed by atoms with E-state index in [0.717, 1.165) is 27.9 Å². The maximum atomic E-state index is 6.38. The smallest absolute Gasteiger partial charge is 0.243 e. The van der Waals surface area contributed by atoms with E-state index in [0.29, 0.717) is 23.2 Å². The Morgan fingerprint density at radius 3 is 2.48 bits per heavy atom. The third-order valence-corrected chi connectivity index (χ3v) is 5.00. The van der Waals surface area contributed by atoms with E-state index < -0.39 is 0 Å². The molecule has 0 aliphatic carbocycles. The molecule has 148 valence electrons. The Labute approximate surface area is 170 Å². The van der Waals surface area contributed by atoms with Crippen molar-refractivity contribution in [2.24, 2.45) is 0 Å². The van der Waals surface area contributed by atoms with Crippen LogP contribution in [-0.2, 0) is 5.41 Å². The first-order chi connectivity index (χ1) is 13.8. The van der Waals surface area contributed by atoms with Crippen molar-refractivity contribution in [1.29, 1.82) is 0 Å². The van der Waals surface area contributed by atoms with Gasteiger partial charge in [0, 0.05) is 11.8 Å². The van der Waals surface area contributed by atoms with Gasteiger partial charge in [0.05, 0.1) is 16.7 Å². The van der Waals surface area contributed by atoms with E-state index in [4.69, 9.17) is 16.2 Å². The predicted octanol–water partition coefficient (Wildman–Crippen LogP) is 4.98. The number of pyridine rings is 1. The van der Waals surface area contributed by atoms with E-state index in [2.05, 4.69) is 36.8 Å². The van der Waals surface area contributed by atoms with Crippen molar-refractivity contribution < 1.29 is 4.74 Å². The molecule has 0 aliphatic rings. The van der Waals surface area contributed by atoms with Crippen LogP contribution in [0.25, 0.3) is 16.7 Å². The van der Waals surface area contributed by atoms with Gasteiger partial charge in [-0.25, -0.2) is 9.97 Å². The molecule has 0 bridgehead atoms. The number of ether oxygens (including phenoxy) is 1. The first-order valence-electron chi connectivity index (χ1n) is 9.53. The number of imidazole rings is 1. The van der Waals surface area contributed by atoms with Crippen LogP contribution in [0.15, 0.2) is 54.7 Å². The fourth-order valence-electron chi connectivity index (χ4n) is 3.46. The maximum absolute atomic E-state index is 6.38. The summed E-state index contributed by atoms with van der Waals surface area (Å²) in [6.45, 7) is 8.42. The monoisotopic (exact) mass is 387 g/mol. The minimum Gasteiger partial charge on any atom is -0.437 e. The van der Waals surface area contributed by atoms with E-state index in [9.17, 15) is 0 Å². The molecular formula is C23H25N5O. The number of hydrogen-bond donors (Lipinski definition) is 2. The van der Waals surface area contributed by atoms with E-state index in [1.165, 1.54) is 0 Å². The molecule has 0 saturated heterocycles. The van der Waals surface area contributed by atoms with Crippen LogP contribution in [0.4, 0.5) is 11.6 Å². The molecule has 0 amide bonds. The lowest BCUT2D eigenvalue weighted by molar-refractivity contribution is 0.438. The number of rotatable bonds is 3. The molecule has 4 N–H and O–H groups in total. The van der Waals surface area contributed by atoms with Crippen molar-refractivity contribution in [2.75, 3.05) is 11.5 Å². The number of nitrogens with two attached hydrogens (primary N) is 2. The minimum absolute atomic E-state index is 0.0756. The van der Waals surface area contributed by atoms with E-state index >= 15 is 0 Å². The second-order valence-corrected chi connectivity index (χ2v) is 8.15. The largest absolute Gasteiger partial charge is 0.437 e. The van der Waals surface area contributed by atoms with Gasteiger partial charge in [0.2, 0.25) is 11.8 Å². The van der Waals surface area contributed by atoms with Crippen LogP contribution in [0.1, 0.15) is 31.9 Å². The van der Waals surface area contributed by atoms with Gasteiger partial charge in [0.25, 0.3) is 0 Å². The Morgan fingerprint density at radius 1 is 0.966 bits per heavy atom. The summed E-state index contributed by atoms with van der Waals surface area (Å²) in [6.07, 6.45) is 1.70. The summed E-state index contributed by atoms with van der Waals surface area (Å²) in [4.78, 5) is 8.96. The van der Waals surface area contributed by atoms with Crippen molar-refractivity contribution in [3.05, 3.63) is 65.9 Å². The second kappa shape index (κ2) is 6.81. The molecular weight excluding hydrogens is 362 g/mol. The summed E-state index contributed by atoms with van der Waals surface area (Å²) in [7, 11) is 0.